The third kappa shape index (κ3) is 12.3. The largest absolute Gasteiger partial charge is 0.495 e. The van der Waals surface area contributed by atoms with Gasteiger partial charge in [0.15, 0.2) is 5.72 Å². The molecule has 3 aliphatic rings. The lowest BCUT2D eigenvalue weighted by Gasteiger charge is -2.42. The summed E-state index contributed by atoms with van der Waals surface area (Å²) >= 11 is 6.78. The summed E-state index contributed by atoms with van der Waals surface area (Å²) in [6, 6.07) is 3.41. The van der Waals surface area contributed by atoms with Gasteiger partial charge in [-0.25, -0.2) is 9.59 Å². The summed E-state index contributed by atoms with van der Waals surface area (Å²) in [5.74, 6) is -2.02. The number of carbonyl (C=O) groups is 5. The molecule has 60 heavy (non-hydrogen) atoms. The summed E-state index contributed by atoms with van der Waals surface area (Å²) in [5.41, 5.74) is -1.01. The molecule has 2 saturated heterocycles. The van der Waals surface area contributed by atoms with E-state index >= 15 is 0 Å². The average Bonchev–Trinajstić information content (AvgIpc) is 3.87. The molecule has 2 N–H and O–H groups in total. The molecule has 3 heterocycles. The molecule has 1 aromatic carbocycles. The van der Waals surface area contributed by atoms with Crippen molar-refractivity contribution in [3.05, 3.63) is 46.5 Å². The van der Waals surface area contributed by atoms with Crippen molar-refractivity contribution in [2.75, 3.05) is 39.8 Å². The van der Waals surface area contributed by atoms with Crippen molar-refractivity contribution in [1.82, 2.24) is 10.2 Å². The number of epoxide rings is 1. The molecular weight excluding hydrogens is 814 g/mol. The van der Waals surface area contributed by atoms with Gasteiger partial charge in [-0.1, -0.05) is 62.0 Å². The Morgan fingerprint density at radius 1 is 1.15 bits per heavy atom. The molecule has 0 aromatic heterocycles. The maximum Gasteiger partial charge on any atom is 0.409 e. The molecule has 0 saturated carbocycles. The Labute approximate surface area is 360 Å². The van der Waals surface area contributed by atoms with E-state index in [4.69, 9.17) is 40.0 Å². The smallest absolute Gasteiger partial charge is 0.409 e. The van der Waals surface area contributed by atoms with Crippen molar-refractivity contribution in [3.63, 3.8) is 0 Å². The van der Waals surface area contributed by atoms with Crippen LogP contribution in [-0.2, 0) is 49.3 Å². The van der Waals surface area contributed by atoms with Crippen molar-refractivity contribution < 1.29 is 57.5 Å². The predicted octanol–water partition coefficient (Wildman–Crippen LogP) is 5.96. The molecule has 3 amide bonds. The van der Waals surface area contributed by atoms with Gasteiger partial charge in [0.25, 0.3) is 0 Å². The van der Waals surface area contributed by atoms with Crippen LogP contribution >= 0.6 is 11.6 Å². The summed E-state index contributed by atoms with van der Waals surface area (Å²) in [5, 5.41) is 14.5. The first-order chi connectivity index (χ1) is 28.0. The highest BCUT2D eigenvalue weighted by Crippen LogP contribution is 2.49. The van der Waals surface area contributed by atoms with E-state index in [2.05, 4.69) is 25.0 Å². The number of anilines is 1. The highest BCUT2D eigenvalue weighted by Gasteiger charge is 2.64. The van der Waals surface area contributed by atoms with Gasteiger partial charge in [0, 0.05) is 54.5 Å². The van der Waals surface area contributed by atoms with Gasteiger partial charge in [-0.2, -0.15) is 0 Å². The molecule has 0 radical (unpaired) electrons. The molecule has 334 valence electrons. The number of nitrogens with zero attached hydrogens (tertiary/aromatic N) is 2. The van der Waals surface area contributed by atoms with Crippen LogP contribution in [0.1, 0.15) is 71.8 Å². The van der Waals surface area contributed by atoms with E-state index in [-0.39, 0.29) is 42.6 Å². The number of ether oxygens (including phenoxy) is 6. The third-order valence-electron chi connectivity index (χ3n) is 11.7. The number of halogens is 1. The Bertz CT molecular complexity index is 1820. The zero-order chi connectivity index (χ0) is 44.7. The fraction of sp³-hybridized carbons (Fsp3) is 0.651. The fourth-order valence-corrected chi connectivity index (χ4v) is 8.51. The molecule has 15 nitrogen and oxygen atoms in total. The van der Waals surface area contributed by atoms with Gasteiger partial charge in [0.2, 0.25) is 11.8 Å². The van der Waals surface area contributed by atoms with E-state index < -0.39 is 73.7 Å². The second-order valence-electron chi connectivity index (χ2n) is 17.6. The lowest BCUT2D eigenvalue weighted by molar-refractivity contribution is -0.162. The zero-order valence-corrected chi connectivity index (χ0v) is 38.7. The van der Waals surface area contributed by atoms with Gasteiger partial charge in [-0.15, -0.1) is 0 Å². The Morgan fingerprint density at radius 2 is 1.83 bits per heavy atom. The molecular formula is C43H64ClN3O12Si. The standard InChI is InChI=1S/C43H64ClN3O12Si/c1-26-15-14-16-33(55-8)43(53)25-32(57-41(52)45-43)27(2)39-42(4,59-39)34(24-36(49)47(6)30-22-29(21-26)23-31(54-7)38(30)44)58-40(51)28(3)46(5)35(48)17-12-13-18-37(50)56-19-20-60(9,10)11/h14-16,22-23,27-28,32-34,39,53H,12-13,17-21,24-25H2,1-11H3,(H,45,52)/b16-14+,26-15+/t27-,28-,32+,33-,34+,39?,42+,43+/m1/s1. The number of hydrogen-bond acceptors (Lipinski definition) is 12. The molecule has 0 aliphatic carbocycles. The minimum Gasteiger partial charge on any atom is -0.495 e. The van der Waals surface area contributed by atoms with E-state index in [1.54, 1.807) is 45.2 Å². The maximum absolute atomic E-state index is 14.2. The first-order valence-corrected chi connectivity index (χ1v) is 24.6. The van der Waals surface area contributed by atoms with E-state index in [9.17, 15) is 29.1 Å². The van der Waals surface area contributed by atoms with Crippen molar-refractivity contribution >= 4 is 55.2 Å². The lowest BCUT2D eigenvalue weighted by atomic mass is 9.83. The highest BCUT2D eigenvalue weighted by molar-refractivity contribution is 6.76. The van der Waals surface area contributed by atoms with Crippen LogP contribution in [0.15, 0.2) is 35.9 Å². The predicted molar refractivity (Wildman–Crippen MR) is 229 cm³/mol. The van der Waals surface area contributed by atoms with Gasteiger partial charge >= 0.3 is 18.0 Å². The molecule has 4 bridgehead atoms. The van der Waals surface area contributed by atoms with Crippen LogP contribution in [0.4, 0.5) is 10.5 Å². The minimum atomic E-state index is -1.85. The number of carbonyl (C=O) groups excluding carboxylic acids is 5. The van der Waals surface area contributed by atoms with Crippen molar-refractivity contribution in [2.24, 2.45) is 5.92 Å². The highest BCUT2D eigenvalue weighted by atomic mass is 35.5. The second kappa shape index (κ2) is 20.3. The summed E-state index contributed by atoms with van der Waals surface area (Å²) in [4.78, 5) is 69.1. The van der Waals surface area contributed by atoms with E-state index in [0.717, 1.165) is 17.2 Å². The van der Waals surface area contributed by atoms with Crippen LogP contribution in [0.25, 0.3) is 0 Å². The number of alkyl carbamates (subject to hydrolysis) is 1. The number of hydrogen-bond donors (Lipinski definition) is 2. The number of nitrogens with one attached hydrogen (secondary N) is 1. The molecule has 1 aromatic rings. The first-order valence-electron chi connectivity index (χ1n) is 20.5. The monoisotopic (exact) mass is 877 g/mol. The van der Waals surface area contributed by atoms with Gasteiger partial charge in [0.1, 0.15) is 40.7 Å². The number of aliphatic hydroxyl groups is 1. The summed E-state index contributed by atoms with van der Waals surface area (Å²) in [6.45, 7) is 14.0. The van der Waals surface area contributed by atoms with E-state index in [1.165, 1.54) is 38.0 Å². The number of allylic oxidation sites excluding steroid dienone is 3. The summed E-state index contributed by atoms with van der Waals surface area (Å²) < 4.78 is 34.7. The summed E-state index contributed by atoms with van der Waals surface area (Å²) in [6.07, 6.45) is 1.92. The Morgan fingerprint density at radius 3 is 2.48 bits per heavy atom. The normalized spacial score (nSPS) is 29.1. The lowest BCUT2D eigenvalue weighted by Crippen LogP contribution is -2.63. The number of fused-ring (bicyclic) bond motifs is 5. The van der Waals surface area contributed by atoms with Crippen molar-refractivity contribution in [1.29, 1.82) is 0 Å². The van der Waals surface area contributed by atoms with Crippen LogP contribution in [-0.4, -0.2) is 125 Å². The van der Waals surface area contributed by atoms with Crippen LogP contribution in [0, 0.1) is 5.92 Å². The zero-order valence-electron chi connectivity index (χ0n) is 36.9. The molecule has 0 spiro atoms. The quantitative estimate of drug-likeness (QED) is 0.0782. The van der Waals surface area contributed by atoms with Crippen molar-refractivity contribution in [2.45, 2.75) is 140 Å². The molecule has 17 heteroatoms. The molecule has 4 rings (SSSR count). The summed E-state index contributed by atoms with van der Waals surface area (Å²) in [7, 11) is 4.65. The van der Waals surface area contributed by atoms with E-state index in [1.807, 2.05) is 13.0 Å². The number of rotatable bonds is 13. The number of unbranched alkanes of at least 4 members (excludes halogenated alkanes) is 1. The van der Waals surface area contributed by atoms with Gasteiger partial charge in [-0.3, -0.25) is 19.7 Å². The Hall–Kier alpha value is -3.96. The number of methoxy groups -OCH3 is 2. The fourth-order valence-electron chi connectivity index (χ4n) is 7.48. The van der Waals surface area contributed by atoms with E-state index in [0.29, 0.717) is 37.3 Å². The minimum absolute atomic E-state index is 0.0681. The Kier molecular flexibility index (Phi) is 16.5. The number of benzene rings is 1. The molecule has 3 aliphatic heterocycles. The van der Waals surface area contributed by atoms with Gasteiger partial charge in [-0.05, 0) is 63.8 Å². The van der Waals surface area contributed by atoms with Gasteiger partial charge < -0.3 is 43.3 Å². The van der Waals surface area contributed by atoms with Crippen LogP contribution in [0.2, 0.25) is 30.7 Å². The maximum atomic E-state index is 14.2. The average molecular weight is 879 g/mol. The molecule has 1 unspecified atom stereocenters. The van der Waals surface area contributed by atoms with Gasteiger partial charge in [0.05, 0.1) is 31.9 Å². The van der Waals surface area contributed by atoms with Crippen LogP contribution in [0.3, 0.4) is 0 Å². The first kappa shape index (κ1) is 48.7. The SMILES string of the molecule is COc1cc2cc(c1Cl)N(C)C(=O)C[C@H](OC(=O)[C@@H](C)N(C)C(=O)CCCCC(=O)OCC[Si](C)(C)C)[C@]1(C)OC1[C@H](C)[C@@H]1C[C@@](O)(NC(=O)O1)[C@H](OC)/C=C/C=C(\C)C2. The second-order valence-corrected chi connectivity index (χ2v) is 23.6. The van der Waals surface area contributed by atoms with Crippen LogP contribution < -0.4 is 15.0 Å². The third-order valence-corrected chi connectivity index (χ3v) is 13.7. The van der Waals surface area contributed by atoms with Crippen molar-refractivity contribution in [3.8, 4) is 5.75 Å². The van der Waals surface area contributed by atoms with Crippen LogP contribution in [0.5, 0.6) is 5.75 Å². The number of esters is 2. The molecule has 2 fully saturated rings. The molecule has 8 atom stereocenters. The topological polar surface area (TPSA) is 183 Å². The number of amides is 3. The Balaban J connectivity index is 1.58. The number of likely N-dealkylation sites (N-methyl/N-ethyl adjacent to an activating group) is 1.